The molecule has 1 aromatic heterocycles. The lowest BCUT2D eigenvalue weighted by molar-refractivity contribution is -0.116. The predicted molar refractivity (Wildman–Crippen MR) is 127 cm³/mol. The van der Waals surface area contributed by atoms with Gasteiger partial charge in [0.15, 0.2) is 0 Å². The van der Waals surface area contributed by atoms with Gasteiger partial charge >= 0.3 is 5.69 Å². The molecule has 1 saturated heterocycles. The molecule has 1 aliphatic rings. The van der Waals surface area contributed by atoms with E-state index in [1.807, 2.05) is 36.4 Å². The fraction of sp³-hybridized carbons (Fsp3) is 0.292. The predicted octanol–water partition coefficient (Wildman–Crippen LogP) is 3.34. The molecule has 4 rings (SSSR count). The van der Waals surface area contributed by atoms with Gasteiger partial charge in [0.2, 0.25) is 5.91 Å². The van der Waals surface area contributed by atoms with Crippen LogP contribution in [0.5, 0.6) is 0 Å². The van der Waals surface area contributed by atoms with E-state index < -0.39 is 17.2 Å². The Balaban J connectivity index is 1.55. The number of hydrogen-bond donors (Lipinski definition) is 1. The summed E-state index contributed by atoms with van der Waals surface area (Å²) in [6.45, 7) is 1.76. The van der Waals surface area contributed by atoms with Crippen molar-refractivity contribution in [2.45, 2.75) is 32.4 Å². The molecule has 0 aliphatic carbocycles. The molecule has 8 heteroatoms. The van der Waals surface area contributed by atoms with Crippen molar-refractivity contribution in [1.82, 2.24) is 9.13 Å². The number of amides is 1. The standard InChI is InChI=1S/C24H25ClN4O3/c25-19-9-10-21(27-12-5-2-6-13-27)20(15-19)26-22(30)17-29-23(31)11-14-28(24(29)32)16-18-7-3-1-4-8-18/h1,3-4,7-11,14-15H,2,5-6,12-13,16-17H2,(H,26,30). The van der Waals surface area contributed by atoms with Crippen LogP contribution in [0.1, 0.15) is 24.8 Å². The number of hydrogen-bond acceptors (Lipinski definition) is 4. The molecule has 0 atom stereocenters. The average Bonchev–Trinajstić information content (AvgIpc) is 2.80. The lowest BCUT2D eigenvalue weighted by atomic mass is 10.1. The first-order valence-corrected chi connectivity index (χ1v) is 11.1. The van der Waals surface area contributed by atoms with Gasteiger partial charge in [-0.3, -0.25) is 18.7 Å². The zero-order valence-electron chi connectivity index (χ0n) is 17.7. The summed E-state index contributed by atoms with van der Waals surface area (Å²) in [6.07, 6.45) is 4.84. The minimum Gasteiger partial charge on any atom is -0.370 e. The number of halogens is 1. The number of nitrogens with zero attached hydrogens (tertiary/aromatic N) is 3. The van der Waals surface area contributed by atoms with Crippen LogP contribution in [0.2, 0.25) is 5.02 Å². The van der Waals surface area contributed by atoms with Crippen molar-refractivity contribution in [2.24, 2.45) is 0 Å². The Morgan fingerprint density at radius 2 is 1.72 bits per heavy atom. The number of benzene rings is 2. The van der Waals surface area contributed by atoms with Gasteiger partial charge in [-0.25, -0.2) is 4.79 Å². The molecule has 1 aliphatic heterocycles. The summed E-state index contributed by atoms with van der Waals surface area (Å²) in [5, 5.41) is 3.35. The SMILES string of the molecule is O=C(Cn1c(=O)ccn(Cc2ccccc2)c1=O)Nc1cc(Cl)ccc1N1CCCCC1. The molecule has 1 amide bonds. The van der Waals surface area contributed by atoms with Crippen molar-refractivity contribution < 1.29 is 4.79 Å². The van der Waals surface area contributed by atoms with Crippen molar-refractivity contribution in [3.8, 4) is 0 Å². The third-order valence-electron chi connectivity index (χ3n) is 5.57. The fourth-order valence-corrected chi connectivity index (χ4v) is 4.13. The van der Waals surface area contributed by atoms with E-state index in [0.717, 1.165) is 41.7 Å². The smallest absolute Gasteiger partial charge is 0.331 e. The van der Waals surface area contributed by atoms with Gasteiger partial charge in [0.25, 0.3) is 5.56 Å². The van der Waals surface area contributed by atoms with Crippen LogP contribution in [0, 0.1) is 0 Å². The van der Waals surface area contributed by atoms with E-state index in [1.165, 1.54) is 23.3 Å². The van der Waals surface area contributed by atoms with Crippen LogP contribution in [0.15, 0.2) is 70.4 Å². The van der Waals surface area contributed by atoms with Gasteiger partial charge in [-0.15, -0.1) is 0 Å². The Morgan fingerprint density at radius 3 is 2.47 bits per heavy atom. The molecule has 0 spiro atoms. The van der Waals surface area contributed by atoms with Crippen LogP contribution in [0.3, 0.4) is 0 Å². The van der Waals surface area contributed by atoms with Crippen molar-refractivity contribution >= 4 is 28.9 Å². The van der Waals surface area contributed by atoms with Crippen LogP contribution in [0.4, 0.5) is 11.4 Å². The average molecular weight is 453 g/mol. The molecule has 0 radical (unpaired) electrons. The van der Waals surface area contributed by atoms with E-state index in [2.05, 4.69) is 10.2 Å². The van der Waals surface area contributed by atoms with Crippen LogP contribution < -0.4 is 21.5 Å². The largest absolute Gasteiger partial charge is 0.370 e. The lowest BCUT2D eigenvalue weighted by Gasteiger charge is -2.30. The summed E-state index contributed by atoms with van der Waals surface area (Å²) in [6, 6.07) is 16.2. The number of rotatable bonds is 6. The van der Waals surface area contributed by atoms with Gasteiger partial charge in [0.1, 0.15) is 6.54 Å². The van der Waals surface area contributed by atoms with Gasteiger partial charge in [-0.2, -0.15) is 0 Å². The molecule has 2 heterocycles. The Kier molecular flexibility index (Phi) is 6.75. The van der Waals surface area contributed by atoms with E-state index in [1.54, 1.807) is 12.1 Å². The summed E-state index contributed by atoms with van der Waals surface area (Å²) >= 11 is 6.17. The van der Waals surface area contributed by atoms with Crippen molar-refractivity contribution in [3.05, 3.63) is 92.2 Å². The van der Waals surface area contributed by atoms with Crippen LogP contribution in [-0.4, -0.2) is 28.1 Å². The summed E-state index contributed by atoms with van der Waals surface area (Å²) in [5.74, 6) is -0.456. The van der Waals surface area contributed by atoms with Gasteiger partial charge < -0.3 is 10.2 Å². The number of piperidine rings is 1. The highest BCUT2D eigenvalue weighted by molar-refractivity contribution is 6.31. The molecule has 1 fully saturated rings. The summed E-state index contributed by atoms with van der Waals surface area (Å²) in [5.41, 5.74) is 1.35. The second kappa shape index (κ2) is 9.87. The monoisotopic (exact) mass is 452 g/mol. The topological polar surface area (TPSA) is 76.3 Å². The molecule has 7 nitrogen and oxygen atoms in total. The maximum atomic E-state index is 12.9. The molecule has 166 valence electrons. The van der Waals surface area contributed by atoms with Crippen LogP contribution in [-0.2, 0) is 17.9 Å². The second-order valence-electron chi connectivity index (χ2n) is 7.89. The van der Waals surface area contributed by atoms with Crippen LogP contribution in [0.25, 0.3) is 0 Å². The van der Waals surface area contributed by atoms with E-state index >= 15 is 0 Å². The van der Waals surface area contributed by atoms with E-state index in [0.29, 0.717) is 17.3 Å². The highest BCUT2D eigenvalue weighted by Gasteiger charge is 2.17. The molecule has 32 heavy (non-hydrogen) atoms. The van der Waals surface area contributed by atoms with Crippen LogP contribution >= 0.6 is 11.6 Å². The molecule has 3 aromatic rings. The lowest BCUT2D eigenvalue weighted by Crippen LogP contribution is -2.42. The summed E-state index contributed by atoms with van der Waals surface area (Å²) < 4.78 is 2.37. The number of aromatic nitrogens is 2. The first-order chi connectivity index (χ1) is 15.5. The third-order valence-corrected chi connectivity index (χ3v) is 5.80. The minimum atomic E-state index is -0.529. The van der Waals surface area contributed by atoms with Crippen molar-refractivity contribution in [2.75, 3.05) is 23.3 Å². The Hall–Kier alpha value is -3.32. The van der Waals surface area contributed by atoms with E-state index in [4.69, 9.17) is 11.6 Å². The van der Waals surface area contributed by atoms with Gasteiger partial charge in [0, 0.05) is 30.4 Å². The number of nitrogens with one attached hydrogen (secondary N) is 1. The summed E-state index contributed by atoms with van der Waals surface area (Å²) in [4.78, 5) is 40.2. The molecular weight excluding hydrogens is 428 g/mol. The first-order valence-electron chi connectivity index (χ1n) is 10.7. The second-order valence-corrected chi connectivity index (χ2v) is 8.33. The number of carbonyl (C=O) groups excluding carboxylic acids is 1. The van der Waals surface area contributed by atoms with Crippen molar-refractivity contribution in [3.63, 3.8) is 0 Å². The molecule has 0 saturated carbocycles. The van der Waals surface area contributed by atoms with E-state index in [9.17, 15) is 14.4 Å². The number of anilines is 2. The third kappa shape index (κ3) is 5.11. The van der Waals surface area contributed by atoms with Gasteiger partial charge in [0.05, 0.1) is 17.9 Å². The van der Waals surface area contributed by atoms with Crippen molar-refractivity contribution in [1.29, 1.82) is 0 Å². The molecular formula is C24H25ClN4O3. The minimum absolute atomic E-state index is 0.314. The zero-order chi connectivity index (χ0) is 22.5. The highest BCUT2D eigenvalue weighted by Crippen LogP contribution is 2.31. The fourth-order valence-electron chi connectivity index (χ4n) is 3.96. The Morgan fingerprint density at radius 1 is 0.969 bits per heavy atom. The quantitative estimate of drug-likeness (QED) is 0.622. The molecule has 0 bridgehead atoms. The molecule has 1 N–H and O–H groups in total. The Labute approximate surface area is 190 Å². The maximum Gasteiger partial charge on any atom is 0.331 e. The van der Waals surface area contributed by atoms with E-state index in [-0.39, 0.29) is 6.54 Å². The van der Waals surface area contributed by atoms with Gasteiger partial charge in [-0.05, 0) is 43.0 Å². The highest BCUT2D eigenvalue weighted by atomic mass is 35.5. The number of carbonyl (C=O) groups is 1. The first kappa shape index (κ1) is 21.9. The normalized spacial score (nSPS) is 13.7. The van der Waals surface area contributed by atoms with Gasteiger partial charge in [-0.1, -0.05) is 41.9 Å². The Bertz CT molecular complexity index is 1210. The molecule has 2 aromatic carbocycles. The summed E-state index contributed by atoms with van der Waals surface area (Å²) in [7, 11) is 0. The maximum absolute atomic E-state index is 12.9. The molecule has 0 unspecified atom stereocenters. The zero-order valence-corrected chi connectivity index (χ0v) is 18.4.